The van der Waals surface area contributed by atoms with Crippen LogP contribution in [0.15, 0.2) is 54.7 Å². The molecule has 37 heavy (non-hydrogen) atoms. The van der Waals surface area contributed by atoms with Gasteiger partial charge in [-0.1, -0.05) is 30.0 Å². The van der Waals surface area contributed by atoms with E-state index in [0.29, 0.717) is 25.3 Å². The molecule has 4 rings (SSSR count). The molecular formula is C31H36N2O4. The number of hydrogen-bond acceptors (Lipinski definition) is 5. The molecule has 3 atom stereocenters. The Labute approximate surface area is 219 Å². The van der Waals surface area contributed by atoms with Crippen molar-refractivity contribution in [1.82, 2.24) is 9.88 Å². The number of ether oxygens (including phenoxy) is 1. The van der Waals surface area contributed by atoms with Gasteiger partial charge in [0.2, 0.25) is 0 Å². The molecule has 0 amide bonds. The van der Waals surface area contributed by atoms with Crippen molar-refractivity contribution in [2.24, 2.45) is 11.8 Å². The smallest absolute Gasteiger partial charge is 0.303 e. The van der Waals surface area contributed by atoms with Crippen LogP contribution in [0.5, 0.6) is 5.75 Å². The first-order valence-corrected chi connectivity index (χ1v) is 13.0. The van der Waals surface area contributed by atoms with Gasteiger partial charge >= 0.3 is 5.97 Å². The monoisotopic (exact) mass is 500 g/mol. The number of fused-ring (bicyclic) bond motifs is 1. The minimum atomic E-state index is -0.757. The highest BCUT2D eigenvalue weighted by molar-refractivity contribution is 5.83. The van der Waals surface area contributed by atoms with E-state index in [0.717, 1.165) is 53.7 Å². The number of carboxylic acid groups (broad SMARTS) is 1. The fourth-order valence-electron chi connectivity index (χ4n) is 5.37. The highest BCUT2D eigenvalue weighted by Gasteiger charge is 2.30. The van der Waals surface area contributed by atoms with Crippen LogP contribution < -0.4 is 4.74 Å². The number of nitrogens with zero attached hydrogens (tertiary/aromatic N) is 2. The third-order valence-electron chi connectivity index (χ3n) is 7.53. The normalized spacial score (nSPS) is 18.7. The lowest BCUT2D eigenvalue weighted by Crippen LogP contribution is -2.41. The number of aliphatic hydroxyl groups is 1. The molecule has 1 aliphatic heterocycles. The molecule has 2 aromatic carbocycles. The van der Waals surface area contributed by atoms with Crippen LogP contribution in [-0.2, 0) is 4.79 Å². The second kappa shape index (κ2) is 12.7. The predicted octanol–water partition coefficient (Wildman–Crippen LogP) is 5.22. The van der Waals surface area contributed by atoms with Gasteiger partial charge in [0.25, 0.3) is 0 Å². The zero-order valence-corrected chi connectivity index (χ0v) is 21.7. The minimum Gasteiger partial charge on any atom is -0.497 e. The highest BCUT2D eigenvalue weighted by Crippen LogP contribution is 2.35. The number of benzene rings is 2. The lowest BCUT2D eigenvalue weighted by Gasteiger charge is -2.38. The maximum atomic E-state index is 11.3. The van der Waals surface area contributed by atoms with Crippen molar-refractivity contribution in [3.05, 3.63) is 71.4 Å². The number of aliphatic hydroxyl groups excluding tert-OH is 1. The van der Waals surface area contributed by atoms with Crippen LogP contribution in [0.4, 0.5) is 0 Å². The largest absolute Gasteiger partial charge is 0.497 e. The van der Waals surface area contributed by atoms with Crippen LogP contribution in [0.3, 0.4) is 0 Å². The van der Waals surface area contributed by atoms with Crippen molar-refractivity contribution in [3.63, 3.8) is 0 Å². The molecule has 0 aliphatic carbocycles. The third-order valence-corrected chi connectivity index (χ3v) is 7.53. The van der Waals surface area contributed by atoms with Gasteiger partial charge in [0, 0.05) is 30.1 Å². The lowest BCUT2D eigenvalue weighted by molar-refractivity contribution is -0.137. The van der Waals surface area contributed by atoms with E-state index < -0.39 is 12.1 Å². The molecule has 0 bridgehead atoms. The number of aromatic nitrogens is 1. The molecule has 2 heterocycles. The Balaban J connectivity index is 1.40. The molecule has 1 aromatic heterocycles. The molecule has 6 heteroatoms. The van der Waals surface area contributed by atoms with E-state index in [2.05, 4.69) is 34.7 Å². The zero-order valence-electron chi connectivity index (χ0n) is 21.7. The molecule has 3 aromatic rings. The molecule has 6 nitrogen and oxygen atoms in total. The first kappa shape index (κ1) is 26.7. The van der Waals surface area contributed by atoms with E-state index in [1.807, 2.05) is 42.5 Å². The first-order valence-electron chi connectivity index (χ1n) is 13.0. The van der Waals surface area contributed by atoms with Crippen LogP contribution in [0, 0.1) is 30.6 Å². The van der Waals surface area contributed by atoms with Crippen LogP contribution in [0.2, 0.25) is 0 Å². The highest BCUT2D eigenvalue weighted by atomic mass is 16.5. The van der Waals surface area contributed by atoms with Crippen LogP contribution in [0.1, 0.15) is 54.9 Å². The first-order chi connectivity index (χ1) is 17.9. The van der Waals surface area contributed by atoms with E-state index in [1.54, 1.807) is 13.3 Å². The Bertz CT molecular complexity index is 1280. The molecule has 0 spiro atoms. The van der Waals surface area contributed by atoms with E-state index in [-0.39, 0.29) is 12.3 Å². The van der Waals surface area contributed by atoms with Crippen molar-refractivity contribution >= 4 is 16.9 Å². The molecule has 2 N–H and O–H groups in total. The summed E-state index contributed by atoms with van der Waals surface area (Å²) in [6.07, 6.45) is 4.39. The number of likely N-dealkylation sites (tertiary alicyclic amines) is 1. The van der Waals surface area contributed by atoms with E-state index in [4.69, 9.17) is 4.74 Å². The number of carbonyl (C=O) groups is 1. The zero-order chi connectivity index (χ0) is 26.2. The van der Waals surface area contributed by atoms with Gasteiger partial charge in [0.15, 0.2) is 0 Å². The Morgan fingerprint density at radius 1 is 1.19 bits per heavy atom. The number of rotatable bonds is 9. The number of aliphatic carboxylic acids is 1. The van der Waals surface area contributed by atoms with Crippen LogP contribution in [-0.4, -0.2) is 52.8 Å². The topological polar surface area (TPSA) is 82.9 Å². The quantitative estimate of drug-likeness (QED) is 0.392. The van der Waals surface area contributed by atoms with Crippen molar-refractivity contribution in [1.29, 1.82) is 0 Å². The fraction of sp³-hybridized carbons (Fsp3) is 0.419. The van der Waals surface area contributed by atoms with Gasteiger partial charge in [-0.15, -0.1) is 0 Å². The number of piperidine rings is 1. The number of hydrogen-bond donors (Lipinski definition) is 2. The second-order valence-corrected chi connectivity index (χ2v) is 9.97. The number of carboxylic acids is 1. The van der Waals surface area contributed by atoms with Crippen molar-refractivity contribution < 1.29 is 19.7 Å². The molecule has 0 radical (unpaired) electrons. The summed E-state index contributed by atoms with van der Waals surface area (Å²) in [6.45, 7) is 4.52. The maximum absolute atomic E-state index is 11.3. The average Bonchev–Trinajstić information content (AvgIpc) is 2.91. The van der Waals surface area contributed by atoms with Crippen LogP contribution in [0.25, 0.3) is 10.9 Å². The summed E-state index contributed by atoms with van der Waals surface area (Å²) in [6, 6.07) is 15.7. The Morgan fingerprint density at radius 2 is 2.03 bits per heavy atom. The molecule has 0 saturated carbocycles. The maximum Gasteiger partial charge on any atom is 0.303 e. The van der Waals surface area contributed by atoms with Gasteiger partial charge in [-0.25, -0.2) is 0 Å². The minimum absolute atomic E-state index is 0.168. The Kier molecular flexibility index (Phi) is 9.16. The fourth-order valence-corrected chi connectivity index (χ4v) is 5.37. The third kappa shape index (κ3) is 7.09. The predicted molar refractivity (Wildman–Crippen MR) is 145 cm³/mol. The molecule has 194 valence electrons. The van der Waals surface area contributed by atoms with E-state index in [9.17, 15) is 15.0 Å². The second-order valence-electron chi connectivity index (χ2n) is 9.97. The van der Waals surface area contributed by atoms with Crippen molar-refractivity contribution in [3.8, 4) is 17.6 Å². The van der Waals surface area contributed by atoms with E-state index >= 15 is 0 Å². The summed E-state index contributed by atoms with van der Waals surface area (Å²) in [4.78, 5) is 18.1. The van der Waals surface area contributed by atoms with Gasteiger partial charge in [-0.3, -0.25) is 14.7 Å². The molecule has 1 fully saturated rings. The standard InChI is InChI=1S/C31H36N2O4/c1-22-6-3-4-7-23(22)8-5-18-33-19-16-24(25(21-33)10-14-31(35)36)9-13-30(34)27-15-17-32-29-12-11-26(37-2)20-28(27)29/h3-4,6-7,11-12,15,17,20,24-25,30,34H,9-10,13-14,16,18-19,21H2,1-2H3,(H,35,36)/t24?,25?,30-/m0/s1. The van der Waals surface area contributed by atoms with Crippen molar-refractivity contribution in [2.45, 2.75) is 45.1 Å². The van der Waals surface area contributed by atoms with Gasteiger partial charge in [0.1, 0.15) is 5.75 Å². The molecule has 1 aliphatic rings. The van der Waals surface area contributed by atoms with Gasteiger partial charge in [-0.05, 0) is 92.4 Å². The molecule has 2 unspecified atom stereocenters. The number of methoxy groups -OCH3 is 1. The SMILES string of the molecule is COc1ccc2nccc([C@@H](O)CCC3CCN(CC#Cc4ccccc4C)CC3CCC(=O)O)c2c1. The van der Waals surface area contributed by atoms with Gasteiger partial charge < -0.3 is 14.9 Å². The summed E-state index contributed by atoms with van der Waals surface area (Å²) in [5.41, 5.74) is 3.91. The lowest BCUT2D eigenvalue weighted by atomic mass is 9.79. The summed E-state index contributed by atoms with van der Waals surface area (Å²) < 4.78 is 5.37. The van der Waals surface area contributed by atoms with Crippen molar-refractivity contribution in [2.75, 3.05) is 26.7 Å². The summed E-state index contributed by atoms with van der Waals surface area (Å²) in [7, 11) is 1.63. The van der Waals surface area contributed by atoms with E-state index in [1.165, 1.54) is 5.56 Å². The summed E-state index contributed by atoms with van der Waals surface area (Å²) in [5, 5.41) is 21.3. The van der Waals surface area contributed by atoms with Gasteiger partial charge in [0.05, 0.1) is 25.3 Å². The average molecular weight is 501 g/mol. The summed E-state index contributed by atoms with van der Waals surface area (Å²) in [5.74, 6) is 7.22. The van der Waals surface area contributed by atoms with Gasteiger partial charge in [-0.2, -0.15) is 0 Å². The Hall–Kier alpha value is -3.40. The number of aryl methyl sites for hydroxylation is 1. The molecule has 1 saturated heterocycles. The Morgan fingerprint density at radius 3 is 2.81 bits per heavy atom. The molecular weight excluding hydrogens is 464 g/mol. The number of pyridine rings is 1. The summed E-state index contributed by atoms with van der Waals surface area (Å²) >= 11 is 0. The van der Waals surface area contributed by atoms with Crippen LogP contribution >= 0.6 is 0 Å².